The first-order valence-electron chi connectivity index (χ1n) is 7.99. The van der Waals surface area contributed by atoms with Gasteiger partial charge in [-0.25, -0.2) is 0 Å². The molecule has 0 aromatic carbocycles. The summed E-state index contributed by atoms with van der Waals surface area (Å²) in [7, 11) is -0.760. The molecule has 2 aromatic heterocycles. The molecule has 2 aromatic rings. The van der Waals surface area contributed by atoms with E-state index in [2.05, 4.69) is 19.9 Å². The first-order valence-corrected chi connectivity index (χ1v) is 11.5. The lowest BCUT2D eigenvalue weighted by molar-refractivity contribution is 0.364. The van der Waals surface area contributed by atoms with Gasteiger partial charge in [0, 0.05) is 6.21 Å². The molecule has 1 N–H and O–H groups in total. The van der Waals surface area contributed by atoms with Gasteiger partial charge in [-0.2, -0.15) is 28.3 Å². The summed E-state index contributed by atoms with van der Waals surface area (Å²) in [6.07, 6.45) is 1.52. The van der Waals surface area contributed by atoms with Crippen molar-refractivity contribution < 1.29 is 17.9 Å². The molecule has 0 saturated heterocycles. The average Bonchev–Trinajstić information content (AvgIpc) is 3.07. The minimum atomic E-state index is -3.77. The van der Waals surface area contributed by atoms with Crippen LogP contribution >= 0.6 is 34.7 Å². The van der Waals surface area contributed by atoms with E-state index in [1.165, 1.54) is 44.3 Å². The van der Waals surface area contributed by atoms with Gasteiger partial charge in [-0.05, 0) is 17.5 Å². The summed E-state index contributed by atoms with van der Waals surface area (Å²) < 4.78 is 35.3. The minimum Gasteiger partial charge on any atom is -0.481 e. The van der Waals surface area contributed by atoms with Crippen LogP contribution in [0.2, 0.25) is 4.34 Å². The molecule has 0 aliphatic heterocycles. The SMILES string of the molecule is COc1cc(OC)nc(SC(C=NNS(=O)(=O)c2ccc(Cl)s2)C(C)(C)C)n1. The molecule has 12 heteroatoms. The molecule has 154 valence electrons. The number of hydrazone groups is 1. The molecule has 0 aliphatic rings. The van der Waals surface area contributed by atoms with Gasteiger partial charge in [0.15, 0.2) is 5.16 Å². The lowest BCUT2D eigenvalue weighted by atomic mass is 9.92. The summed E-state index contributed by atoms with van der Waals surface area (Å²) in [5.41, 5.74) is -0.258. The molecule has 1 unspecified atom stereocenters. The number of methoxy groups -OCH3 is 2. The lowest BCUT2D eigenvalue weighted by Gasteiger charge is -2.26. The Hall–Kier alpha value is -1.56. The molecule has 0 spiro atoms. The van der Waals surface area contributed by atoms with E-state index in [1.807, 2.05) is 20.8 Å². The van der Waals surface area contributed by atoms with Crippen LogP contribution < -0.4 is 14.3 Å². The third-order valence-corrected chi connectivity index (χ3v) is 7.78. The highest BCUT2D eigenvalue weighted by Crippen LogP contribution is 2.34. The zero-order valence-corrected chi connectivity index (χ0v) is 19.2. The molecule has 0 amide bonds. The van der Waals surface area contributed by atoms with Crippen molar-refractivity contribution in [3.8, 4) is 11.8 Å². The monoisotopic (exact) mass is 464 g/mol. The van der Waals surface area contributed by atoms with E-state index in [4.69, 9.17) is 21.1 Å². The van der Waals surface area contributed by atoms with Crippen LogP contribution in [0.15, 0.2) is 32.7 Å². The standard InChI is InChI=1S/C16H21ClN4O4S3/c1-16(2,3)10(26-15-19-12(24-4)8-13(20-15)25-5)9-18-21-28(22,23)14-7-6-11(17)27-14/h6-10,21H,1-5H3. The number of thiophene rings is 1. The molecular weight excluding hydrogens is 444 g/mol. The van der Waals surface area contributed by atoms with Crippen molar-refractivity contribution in [1.82, 2.24) is 14.8 Å². The van der Waals surface area contributed by atoms with Crippen molar-refractivity contribution in [3.63, 3.8) is 0 Å². The predicted molar refractivity (Wildman–Crippen MR) is 112 cm³/mol. The molecule has 28 heavy (non-hydrogen) atoms. The van der Waals surface area contributed by atoms with E-state index in [-0.39, 0.29) is 14.9 Å². The van der Waals surface area contributed by atoms with Gasteiger partial charge in [-0.3, -0.25) is 0 Å². The Labute approximate surface area is 177 Å². The number of ether oxygens (including phenoxy) is 2. The van der Waals surface area contributed by atoms with E-state index in [0.29, 0.717) is 21.3 Å². The Morgan fingerprint density at radius 3 is 2.32 bits per heavy atom. The zero-order chi connectivity index (χ0) is 20.9. The average molecular weight is 465 g/mol. The van der Waals surface area contributed by atoms with Gasteiger partial charge in [0.1, 0.15) is 4.21 Å². The number of nitrogens with zero attached hydrogens (tertiary/aromatic N) is 3. The van der Waals surface area contributed by atoms with E-state index in [0.717, 1.165) is 11.3 Å². The van der Waals surface area contributed by atoms with Gasteiger partial charge in [0.05, 0.1) is 29.9 Å². The summed E-state index contributed by atoms with van der Waals surface area (Å²) in [6.45, 7) is 6.00. The minimum absolute atomic E-state index is 0.0930. The predicted octanol–water partition coefficient (Wildman–Crippen LogP) is 3.68. The van der Waals surface area contributed by atoms with Gasteiger partial charge < -0.3 is 9.47 Å². The smallest absolute Gasteiger partial charge is 0.286 e. The van der Waals surface area contributed by atoms with Crippen LogP contribution in [0.3, 0.4) is 0 Å². The second kappa shape index (κ2) is 9.29. The summed E-state index contributed by atoms with van der Waals surface area (Å²) in [5.74, 6) is 0.739. The van der Waals surface area contributed by atoms with Crippen LogP contribution in [0.4, 0.5) is 0 Å². The van der Waals surface area contributed by atoms with Crippen molar-refractivity contribution in [2.24, 2.45) is 10.5 Å². The molecule has 0 saturated carbocycles. The molecule has 0 fully saturated rings. The fourth-order valence-corrected chi connectivity index (χ4v) is 5.10. The molecule has 1 atom stereocenters. The molecule has 0 radical (unpaired) electrons. The maximum atomic E-state index is 12.3. The number of sulfonamides is 1. The van der Waals surface area contributed by atoms with E-state index >= 15 is 0 Å². The highest BCUT2D eigenvalue weighted by atomic mass is 35.5. The van der Waals surface area contributed by atoms with Gasteiger partial charge in [0.25, 0.3) is 10.0 Å². The number of hydrogen-bond acceptors (Lipinski definition) is 9. The summed E-state index contributed by atoms with van der Waals surface area (Å²) >= 11 is 8.08. The van der Waals surface area contributed by atoms with E-state index in [1.54, 1.807) is 6.07 Å². The van der Waals surface area contributed by atoms with Crippen LogP contribution in [0.1, 0.15) is 20.8 Å². The van der Waals surface area contributed by atoms with Crippen molar-refractivity contribution in [2.75, 3.05) is 14.2 Å². The van der Waals surface area contributed by atoms with Crippen molar-refractivity contribution in [3.05, 3.63) is 22.5 Å². The fourth-order valence-electron chi connectivity index (χ4n) is 1.84. The molecule has 2 heterocycles. The normalized spacial score (nSPS) is 13.5. The number of aromatic nitrogens is 2. The highest BCUT2D eigenvalue weighted by molar-refractivity contribution is 8.00. The highest BCUT2D eigenvalue weighted by Gasteiger charge is 2.26. The van der Waals surface area contributed by atoms with Crippen LogP contribution in [0.25, 0.3) is 0 Å². The largest absolute Gasteiger partial charge is 0.481 e. The number of halogens is 1. The Morgan fingerprint density at radius 1 is 1.25 bits per heavy atom. The summed E-state index contributed by atoms with van der Waals surface area (Å²) in [6, 6.07) is 4.52. The van der Waals surface area contributed by atoms with Gasteiger partial charge >= 0.3 is 0 Å². The first kappa shape index (κ1) is 22.7. The second-order valence-electron chi connectivity index (χ2n) is 6.57. The number of thioether (sulfide) groups is 1. The fraction of sp³-hybridized carbons (Fsp3) is 0.438. The summed E-state index contributed by atoms with van der Waals surface area (Å²) in [5, 5.41) is 4.13. The number of nitrogens with one attached hydrogen (secondary N) is 1. The van der Waals surface area contributed by atoms with Gasteiger partial charge in [-0.15, -0.1) is 11.3 Å². The van der Waals surface area contributed by atoms with Crippen molar-refractivity contribution in [2.45, 2.75) is 35.4 Å². The van der Waals surface area contributed by atoms with Crippen LogP contribution in [0.5, 0.6) is 11.8 Å². The van der Waals surface area contributed by atoms with Crippen LogP contribution in [-0.4, -0.2) is 44.1 Å². The van der Waals surface area contributed by atoms with Crippen LogP contribution in [-0.2, 0) is 10.0 Å². The molecule has 8 nitrogen and oxygen atoms in total. The maximum Gasteiger partial charge on any atom is 0.286 e. The topological polar surface area (TPSA) is 103 Å². The molecular formula is C16H21ClN4O4S3. The Bertz CT molecular complexity index is 919. The number of rotatable bonds is 8. The third-order valence-electron chi connectivity index (χ3n) is 3.36. The Balaban J connectivity index is 2.20. The molecule has 0 bridgehead atoms. The van der Waals surface area contributed by atoms with Gasteiger partial charge in [-0.1, -0.05) is 44.1 Å². The molecule has 2 rings (SSSR count). The number of hydrogen-bond donors (Lipinski definition) is 1. The zero-order valence-electron chi connectivity index (χ0n) is 16.0. The van der Waals surface area contributed by atoms with Crippen molar-refractivity contribution >= 4 is 50.9 Å². The first-order chi connectivity index (χ1) is 13.0. The van der Waals surface area contributed by atoms with Crippen LogP contribution in [0, 0.1) is 5.41 Å². The maximum absolute atomic E-state index is 12.3. The quantitative estimate of drug-likeness (QED) is 0.275. The van der Waals surface area contributed by atoms with Gasteiger partial charge in [0.2, 0.25) is 11.8 Å². The Morgan fingerprint density at radius 2 is 1.86 bits per heavy atom. The Kier molecular flexibility index (Phi) is 7.54. The molecule has 0 aliphatic carbocycles. The lowest BCUT2D eigenvalue weighted by Crippen LogP contribution is -2.27. The van der Waals surface area contributed by atoms with E-state index < -0.39 is 10.0 Å². The van der Waals surface area contributed by atoms with Crippen molar-refractivity contribution in [1.29, 1.82) is 0 Å². The third kappa shape index (κ3) is 6.23. The summed E-state index contributed by atoms with van der Waals surface area (Å²) in [4.78, 5) is 10.8. The second-order valence-corrected chi connectivity index (χ2v) is 11.3. The van der Waals surface area contributed by atoms with E-state index in [9.17, 15) is 8.42 Å².